The van der Waals surface area contributed by atoms with Gasteiger partial charge in [0.05, 0.1) is 5.39 Å². The molecule has 3 aromatic rings. The Morgan fingerprint density at radius 1 is 0.926 bits per heavy atom. The summed E-state index contributed by atoms with van der Waals surface area (Å²) in [4.78, 5) is 15.2. The molecule has 1 fully saturated rings. The summed E-state index contributed by atoms with van der Waals surface area (Å²) in [6.45, 7) is 2.51. The first-order valence-electron chi connectivity index (χ1n) is 9.42. The predicted octanol–water partition coefficient (Wildman–Crippen LogP) is 4.25. The van der Waals surface area contributed by atoms with Gasteiger partial charge in [-0.05, 0) is 62.3 Å². The zero-order valence-corrected chi connectivity index (χ0v) is 15.1. The van der Waals surface area contributed by atoms with Crippen LogP contribution < -0.4 is 5.43 Å². The third-order valence-electron chi connectivity index (χ3n) is 5.21. The van der Waals surface area contributed by atoms with Crippen LogP contribution in [0.1, 0.15) is 31.2 Å². The first-order valence-corrected chi connectivity index (χ1v) is 9.42. The number of hydrogen-bond acceptors (Lipinski definition) is 5. The van der Waals surface area contributed by atoms with Gasteiger partial charge in [-0.25, -0.2) is 0 Å². The number of benzene rings is 2. The van der Waals surface area contributed by atoms with Crippen molar-refractivity contribution in [2.45, 2.75) is 32.2 Å². The summed E-state index contributed by atoms with van der Waals surface area (Å²) in [6, 6.07) is 11.2. The van der Waals surface area contributed by atoms with Crippen molar-refractivity contribution in [3.63, 3.8) is 0 Å². The van der Waals surface area contributed by atoms with Gasteiger partial charge >= 0.3 is 0 Å². The number of phenolic OH excluding ortho intramolecular Hbond substituents is 2. The number of rotatable bonds is 3. The van der Waals surface area contributed by atoms with E-state index in [4.69, 9.17) is 4.42 Å². The fraction of sp³-hybridized carbons (Fsp3) is 0.318. The number of aromatic hydroxyl groups is 2. The zero-order valence-electron chi connectivity index (χ0n) is 15.1. The molecular formula is C22H23NO4. The van der Waals surface area contributed by atoms with E-state index in [2.05, 4.69) is 4.90 Å². The van der Waals surface area contributed by atoms with Crippen LogP contribution in [0, 0.1) is 0 Å². The highest BCUT2D eigenvalue weighted by Gasteiger charge is 2.18. The molecule has 1 aromatic heterocycles. The molecule has 1 saturated heterocycles. The van der Waals surface area contributed by atoms with Gasteiger partial charge in [0.1, 0.15) is 22.8 Å². The molecule has 1 aliphatic heterocycles. The lowest BCUT2D eigenvalue weighted by atomic mass is 10.0. The largest absolute Gasteiger partial charge is 0.508 e. The Bertz CT molecular complexity index is 999. The molecular weight excluding hydrogens is 342 g/mol. The van der Waals surface area contributed by atoms with E-state index >= 15 is 0 Å². The minimum absolute atomic E-state index is 0.136. The van der Waals surface area contributed by atoms with Crippen molar-refractivity contribution in [3.05, 3.63) is 58.3 Å². The highest BCUT2D eigenvalue weighted by Crippen LogP contribution is 2.30. The smallest absolute Gasteiger partial charge is 0.193 e. The monoisotopic (exact) mass is 365 g/mol. The summed E-state index contributed by atoms with van der Waals surface area (Å²) in [5.41, 5.74) is 1.66. The van der Waals surface area contributed by atoms with Crippen LogP contribution in [0.2, 0.25) is 0 Å². The molecule has 0 atom stereocenters. The third kappa shape index (κ3) is 3.69. The Balaban J connectivity index is 1.77. The summed E-state index contributed by atoms with van der Waals surface area (Å²) in [6.07, 6.45) is 4.75. The molecule has 2 aromatic carbocycles. The van der Waals surface area contributed by atoms with E-state index in [0.717, 1.165) is 25.9 Å². The number of hydrogen-bond donors (Lipinski definition) is 2. The van der Waals surface area contributed by atoms with Crippen molar-refractivity contribution in [1.82, 2.24) is 4.90 Å². The Morgan fingerprint density at radius 3 is 2.33 bits per heavy atom. The number of nitrogens with zero attached hydrogens (tertiary/aromatic N) is 1. The average Bonchev–Trinajstić information content (AvgIpc) is 2.93. The molecule has 4 rings (SSSR count). The fourth-order valence-electron chi connectivity index (χ4n) is 3.76. The van der Waals surface area contributed by atoms with E-state index in [9.17, 15) is 15.0 Å². The molecule has 27 heavy (non-hydrogen) atoms. The number of phenols is 2. The first kappa shape index (κ1) is 17.6. The highest BCUT2D eigenvalue weighted by molar-refractivity contribution is 5.84. The van der Waals surface area contributed by atoms with E-state index < -0.39 is 0 Å². The number of likely N-dealkylation sites (tertiary alicyclic amines) is 1. The molecule has 5 nitrogen and oxygen atoms in total. The van der Waals surface area contributed by atoms with Crippen LogP contribution in [0.3, 0.4) is 0 Å². The molecule has 0 radical (unpaired) electrons. The van der Waals surface area contributed by atoms with E-state index in [1.54, 1.807) is 36.4 Å². The van der Waals surface area contributed by atoms with Gasteiger partial charge in [0.15, 0.2) is 5.43 Å². The fourth-order valence-corrected chi connectivity index (χ4v) is 3.76. The molecule has 2 N–H and O–H groups in total. The average molecular weight is 365 g/mol. The maximum absolute atomic E-state index is 12.9. The molecule has 1 aliphatic rings. The quantitative estimate of drug-likeness (QED) is 0.726. The van der Waals surface area contributed by atoms with E-state index in [1.807, 2.05) is 0 Å². The van der Waals surface area contributed by atoms with Crippen LogP contribution in [-0.4, -0.2) is 28.2 Å². The number of fused-ring (bicyclic) bond motifs is 1. The van der Waals surface area contributed by atoms with E-state index in [-0.39, 0.29) is 16.9 Å². The second kappa shape index (κ2) is 7.45. The second-order valence-corrected chi connectivity index (χ2v) is 7.15. The van der Waals surface area contributed by atoms with Crippen LogP contribution in [0.4, 0.5) is 0 Å². The van der Waals surface area contributed by atoms with Crippen LogP contribution in [0.25, 0.3) is 22.3 Å². The second-order valence-electron chi connectivity index (χ2n) is 7.15. The van der Waals surface area contributed by atoms with Crippen molar-refractivity contribution in [1.29, 1.82) is 0 Å². The maximum atomic E-state index is 12.9. The zero-order chi connectivity index (χ0) is 18.8. The van der Waals surface area contributed by atoms with Gasteiger partial charge in [0.25, 0.3) is 0 Å². The molecule has 0 saturated carbocycles. The molecule has 0 amide bonds. The molecule has 2 heterocycles. The van der Waals surface area contributed by atoms with Gasteiger partial charge in [0, 0.05) is 23.7 Å². The summed E-state index contributed by atoms with van der Waals surface area (Å²) >= 11 is 0. The highest BCUT2D eigenvalue weighted by atomic mass is 16.3. The Morgan fingerprint density at radius 2 is 1.63 bits per heavy atom. The Hall–Kier alpha value is -2.79. The van der Waals surface area contributed by atoms with Crippen molar-refractivity contribution in [2.75, 3.05) is 13.1 Å². The van der Waals surface area contributed by atoms with Gasteiger partial charge in [-0.15, -0.1) is 0 Å². The molecule has 0 unspecified atom stereocenters. The van der Waals surface area contributed by atoms with Gasteiger partial charge in [0.2, 0.25) is 0 Å². The molecule has 140 valence electrons. The lowest BCUT2D eigenvalue weighted by Crippen LogP contribution is -2.24. The standard InChI is InChI=1S/C22H23NO4/c24-16-7-5-15(6-8-16)21-13-19(26)22-17(18(25)9-10-20(22)27-21)14-23-11-3-1-2-4-12-23/h5-10,13,24-25H,1-4,11-12,14H2. The van der Waals surface area contributed by atoms with Gasteiger partial charge in [-0.1, -0.05) is 12.8 Å². The van der Waals surface area contributed by atoms with Crippen molar-refractivity contribution in [3.8, 4) is 22.8 Å². The van der Waals surface area contributed by atoms with Crippen molar-refractivity contribution < 1.29 is 14.6 Å². The minimum Gasteiger partial charge on any atom is -0.508 e. The van der Waals surface area contributed by atoms with Crippen LogP contribution >= 0.6 is 0 Å². The Labute approximate surface area is 157 Å². The van der Waals surface area contributed by atoms with E-state index in [1.165, 1.54) is 18.9 Å². The third-order valence-corrected chi connectivity index (χ3v) is 5.21. The van der Waals surface area contributed by atoms with Gasteiger partial charge in [-0.2, -0.15) is 0 Å². The Kier molecular flexibility index (Phi) is 4.86. The summed E-state index contributed by atoms with van der Waals surface area (Å²) in [5.74, 6) is 0.738. The normalized spacial score (nSPS) is 15.7. The van der Waals surface area contributed by atoms with E-state index in [0.29, 0.717) is 34.4 Å². The molecule has 0 bridgehead atoms. The van der Waals surface area contributed by atoms with Crippen LogP contribution in [0.5, 0.6) is 11.5 Å². The lowest BCUT2D eigenvalue weighted by Gasteiger charge is -2.21. The predicted molar refractivity (Wildman–Crippen MR) is 105 cm³/mol. The van der Waals surface area contributed by atoms with Crippen LogP contribution in [-0.2, 0) is 6.54 Å². The van der Waals surface area contributed by atoms with Gasteiger partial charge in [-0.3, -0.25) is 9.69 Å². The molecule has 0 aliphatic carbocycles. The first-order chi connectivity index (χ1) is 13.1. The molecule has 5 heteroatoms. The van der Waals surface area contributed by atoms with Gasteiger partial charge < -0.3 is 14.6 Å². The topological polar surface area (TPSA) is 73.9 Å². The SMILES string of the molecule is O=c1cc(-c2ccc(O)cc2)oc2ccc(O)c(CN3CCCCCC3)c12. The molecule has 0 spiro atoms. The summed E-state index contributed by atoms with van der Waals surface area (Å²) < 4.78 is 5.97. The maximum Gasteiger partial charge on any atom is 0.193 e. The van der Waals surface area contributed by atoms with Crippen molar-refractivity contribution in [2.24, 2.45) is 0 Å². The van der Waals surface area contributed by atoms with Crippen LogP contribution in [0.15, 0.2) is 51.7 Å². The lowest BCUT2D eigenvalue weighted by molar-refractivity contribution is 0.274. The summed E-state index contributed by atoms with van der Waals surface area (Å²) in [5, 5.41) is 20.3. The summed E-state index contributed by atoms with van der Waals surface area (Å²) in [7, 11) is 0. The minimum atomic E-state index is -0.167. The van der Waals surface area contributed by atoms with Crippen molar-refractivity contribution >= 4 is 11.0 Å².